The van der Waals surface area contributed by atoms with Crippen molar-refractivity contribution in [2.24, 2.45) is 5.73 Å². The third-order valence-corrected chi connectivity index (χ3v) is 3.30. The zero-order valence-electron chi connectivity index (χ0n) is 11.1. The topological polar surface area (TPSA) is 47.7 Å². The van der Waals surface area contributed by atoms with Crippen molar-refractivity contribution in [3.8, 4) is 5.75 Å². The lowest BCUT2D eigenvalue weighted by Gasteiger charge is -2.34. The van der Waals surface area contributed by atoms with Crippen molar-refractivity contribution < 1.29 is 9.47 Å². The molecule has 1 aromatic rings. The Morgan fingerprint density at radius 1 is 1.56 bits per heavy atom. The molecule has 100 valence electrons. The zero-order chi connectivity index (χ0) is 13.0. The number of morpholine rings is 1. The van der Waals surface area contributed by atoms with Crippen molar-refractivity contribution in [2.75, 3.05) is 26.8 Å². The van der Waals surface area contributed by atoms with E-state index < -0.39 is 0 Å². The standard InChI is InChI=1S/C14H22N2O2/c1-11(15)14-10-16(6-7-18-14)9-12-4-3-5-13(8-12)17-2/h3-5,8,11,14H,6-7,9-10,15H2,1-2H3. The molecule has 2 unspecified atom stereocenters. The fraction of sp³-hybridized carbons (Fsp3) is 0.571. The van der Waals surface area contributed by atoms with Gasteiger partial charge in [0.25, 0.3) is 0 Å². The minimum absolute atomic E-state index is 0.0816. The van der Waals surface area contributed by atoms with Gasteiger partial charge in [0, 0.05) is 25.7 Å². The van der Waals surface area contributed by atoms with Gasteiger partial charge >= 0.3 is 0 Å². The molecule has 1 aliphatic rings. The van der Waals surface area contributed by atoms with Gasteiger partial charge in [-0.05, 0) is 24.6 Å². The molecular weight excluding hydrogens is 228 g/mol. The molecule has 0 aromatic heterocycles. The third kappa shape index (κ3) is 3.45. The average molecular weight is 250 g/mol. The lowest BCUT2D eigenvalue weighted by Crippen LogP contribution is -2.49. The molecule has 1 saturated heterocycles. The Bertz CT molecular complexity index is 382. The molecule has 4 nitrogen and oxygen atoms in total. The molecule has 0 saturated carbocycles. The van der Waals surface area contributed by atoms with Gasteiger partial charge in [-0.25, -0.2) is 0 Å². The summed E-state index contributed by atoms with van der Waals surface area (Å²) in [6.45, 7) is 5.54. The molecule has 1 heterocycles. The molecule has 18 heavy (non-hydrogen) atoms. The molecule has 0 aliphatic carbocycles. The van der Waals surface area contributed by atoms with E-state index in [1.807, 2.05) is 19.1 Å². The van der Waals surface area contributed by atoms with Gasteiger partial charge in [0.15, 0.2) is 0 Å². The van der Waals surface area contributed by atoms with E-state index in [4.69, 9.17) is 15.2 Å². The van der Waals surface area contributed by atoms with Crippen LogP contribution in [0.4, 0.5) is 0 Å². The van der Waals surface area contributed by atoms with Crippen LogP contribution in [0.25, 0.3) is 0 Å². The molecule has 0 spiro atoms. The summed E-state index contributed by atoms with van der Waals surface area (Å²) in [5.74, 6) is 0.907. The predicted octanol–water partition coefficient (Wildman–Crippen LogP) is 1.24. The maximum absolute atomic E-state index is 5.90. The minimum atomic E-state index is 0.0816. The van der Waals surface area contributed by atoms with Gasteiger partial charge in [-0.3, -0.25) is 4.90 Å². The molecule has 2 atom stereocenters. The summed E-state index contributed by atoms with van der Waals surface area (Å²) in [6, 6.07) is 8.28. The highest BCUT2D eigenvalue weighted by Crippen LogP contribution is 2.16. The number of hydrogen-bond donors (Lipinski definition) is 1. The Balaban J connectivity index is 1.95. The molecule has 4 heteroatoms. The van der Waals surface area contributed by atoms with E-state index in [0.717, 1.165) is 32.0 Å². The first kappa shape index (κ1) is 13.3. The largest absolute Gasteiger partial charge is 0.497 e. The normalized spacial score (nSPS) is 22.7. The first-order valence-corrected chi connectivity index (χ1v) is 6.41. The summed E-state index contributed by atoms with van der Waals surface area (Å²) in [4.78, 5) is 2.38. The number of benzene rings is 1. The van der Waals surface area contributed by atoms with Crippen LogP contribution in [0.1, 0.15) is 12.5 Å². The molecule has 1 aliphatic heterocycles. The smallest absolute Gasteiger partial charge is 0.119 e. The highest BCUT2D eigenvalue weighted by molar-refractivity contribution is 5.28. The van der Waals surface area contributed by atoms with Crippen LogP contribution < -0.4 is 10.5 Å². The summed E-state index contributed by atoms with van der Waals surface area (Å²) in [6.07, 6.45) is 0.143. The summed E-state index contributed by atoms with van der Waals surface area (Å²) in [7, 11) is 1.69. The van der Waals surface area contributed by atoms with Crippen LogP contribution in [0, 0.1) is 0 Å². The van der Waals surface area contributed by atoms with Crippen LogP contribution in [-0.4, -0.2) is 43.9 Å². The quantitative estimate of drug-likeness (QED) is 0.873. The number of rotatable bonds is 4. The molecular formula is C14H22N2O2. The van der Waals surface area contributed by atoms with Gasteiger partial charge < -0.3 is 15.2 Å². The van der Waals surface area contributed by atoms with Crippen molar-refractivity contribution in [2.45, 2.75) is 25.6 Å². The Labute approximate surface area is 109 Å². The van der Waals surface area contributed by atoms with E-state index in [2.05, 4.69) is 17.0 Å². The van der Waals surface area contributed by atoms with Crippen LogP contribution in [0.15, 0.2) is 24.3 Å². The number of ether oxygens (including phenoxy) is 2. The second-order valence-electron chi connectivity index (χ2n) is 4.86. The number of hydrogen-bond acceptors (Lipinski definition) is 4. The van der Waals surface area contributed by atoms with E-state index in [9.17, 15) is 0 Å². The van der Waals surface area contributed by atoms with Crippen LogP contribution in [0.2, 0.25) is 0 Å². The summed E-state index contributed by atoms with van der Waals surface area (Å²) in [5.41, 5.74) is 7.16. The van der Waals surface area contributed by atoms with Crippen LogP contribution >= 0.6 is 0 Å². The summed E-state index contributed by atoms with van der Waals surface area (Å²) in [5, 5.41) is 0. The number of nitrogens with two attached hydrogens (primary N) is 1. The average Bonchev–Trinajstić information content (AvgIpc) is 2.39. The van der Waals surface area contributed by atoms with E-state index in [1.54, 1.807) is 7.11 Å². The first-order chi connectivity index (χ1) is 8.69. The summed E-state index contributed by atoms with van der Waals surface area (Å²) < 4.78 is 10.9. The molecule has 0 amide bonds. The lowest BCUT2D eigenvalue weighted by atomic mass is 10.1. The summed E-state index contributed by atoms with van der Waals surface area (Å²) >= 11 is 0. The SMILES string of the molecule is COc1cccc(CN2CCOC(C(C)N)C2)c1. The second-order valence-corrected chi connectivity index (χ2v) is 4.86. The van der Waals surface area contributed by atoms with Gasteiger partial charge in [-0.15, -0.1) is 0 Å². The van der Waals surface area contributed by atoms with Crippen molar-refractivity contribution in [3.63, 3.8) is 0 Å². The Morgan fingerprint density at radius 3 is 3.11 bits per heavy atom. The highest BCUT2D eigenvalue weighted by Gasteiger charge is 2.23. The van der Waals surface area contributed by atoms with Crippen molar-refractivity contribution in [1.29, 1.82) is 0 Å². The predicted molar refractivity (Wildman–Crippen MR) is 71.7 cm³/mol. The van der Waals surface area contributed by atoms with Gasteiger partial charge in [0.05, 0.1) is 19.8 Å². The van der Waals surface area contributed by atoms with E-state index in [-0.39, 0.29) is 12.1 Å². The Hall–Kier alpha value is -1.10. The molecule has 1 aromatic carbocycles. The van der Waals surface area contributed by atoms with Crippen LogP contribution in [0.5, 0.6) is 5.75 Å². The Kier molecular flexibility index (Phi) is 4.58. The zero-order valence-corrected chi connectivity index (χ0v) is 11.1. The maximum Gasteiger partial charge on any atom is 0.119 e. The van der Waals surface area contributed by atoms with Crippen molar-refractivity contribution in [1.82, 2.24) is 4.90 Å². The fourth-order valence-electron chi connectivity index (χ4n) is 2.22. The van der Waals surface area contributed by atoms with E-state index in [1.165, 1.54) is 5.56 Å². The van der Waals surface area contributed by atoms with Gasteiger partial charge in [-0.2, -0.15) is 0 Å². The van der Waals surface area contributed by atoms with Crippen molar-refractivity contribution >= 4 is 0 Å². The molecule has 0 radical (unpaired) electrons. The monoisotopic (exact) mass is 250 g/mol. The third-order valence-electron chi connectivity index (χ3n) is 3.30. The van der Waals surface area contributed by atoms with Gasteiger partial charge in [0.2, 0.25) is 0 Å². The number of methoxy groups -OCH3 is 1. The molecule has 2 N–H and O–H groups in total. The first-order valence-electron chi connectivity index (χ1n) is 6.41. The molecule has 1 fully saturated rings. The molecule has 2 rings (SSSR count). The van der Waals surface area contributed by atoms with Crippen molar-refractivity contribution in [3.05, 3.63) is 29.8 Å². The maximum atomic E-state index is 5.90. The Morgan fingerprint density at radius 2 is 2.39 bits per heavy atom. The van der Waals surface area contributed by atoms with E-state index >= 15 is 0 Å². The minimum Gasteiger partial charge on any atom is -0.497 e. The van der Waals surface area contributed by atoms with Crippen LogP contribution in [0.3, 0.4) is 0 Å². The second kappa shape index (κ2) is 6.18. The molecule has 0 bridgehead atoms. The van der Waals surface area contributed by atoms with Crippen LogP contribution in [-0.2, 0) is 11.3 Å². The van der Waals surface area contributed by atoms with E-state index in [0.29, 0.717) is 0 Å². The van der Waals surface area contributed by atoms with Gasteiger partial charge in [-0.1, -0.05) is 12.1 Å². The fourth-order valence-corrected chi connectivity index (χ4v) is 2.22. The number of nitrogens with zero attached hydrogens (tertiary/aromatic N) is 1. The van der Waals surface area contributed by atoms with Gasteiger partial charge in [0.1, 0.15) is 5.75 Å². The highest BCUT2D eigenvalue weighted by atomic mass is 16.5. The lowest BCUT2D eigenvalue weighted by molar-refractivity contribution is -0.0403.